The van der Waals surface area contributed by atoms with Crippen molar-refractivity contribution in [3.05, 3.63) is 22.8 Å². The highest BCUT2D eigenvalue weighted by Gasteiger charge is 2.21. The Bertz CT molecular complexity index is 509. The smallest absolute Gasteiger partial charge is 0.295 e. The standard InChI is InChI=1S/C9H13NO5S/c1-5-4-6(2)9(16(12,13)14)7(3)8(5)15-10-11/h4,10-11H,1-3H3,(H,12,13,14). The highest BCUT2D eigenvalue weighted by atomic mass is 32.2. The van der Waals surface area contributed by atoms with Crippen molar-refractivity contribution in [2.45, 2.75) is 25.7 Å². The Kier molecular flexibility index (Phi) is 3.54. The molecular weight excluding hydrogens is 234 g/mol. The predicted octanol–water partition coefficient (Wildman–Crippen LogP) is 1.13. The third kappa shape index (κ3) is 2.33. The fraction of sp³-hybridized carbons (Fsp3) is 0.333. The van der Waals surface area contributed by atoms with Crippen LogP contribution in [0.3, 0.4) is 0 Å². The Morgan fingerprint density at radius 1 is 1.25 bits per heavy atom. The molecule has 6 nitrogen and oxygen atoms in total. The number of rotatable bonds is 3. The van der Waals surface area contributed by atoms with Crippen molar-refractivity contribution in [1.29, 1.82) is 0 Å². The Labute approximate surface area is 93.5 Å². The summed E-state index contributed by atoms with van der Waals surface area (Å²) in [5.74, 6) is 0.167. The number of hydrogen-bond donors (Lipinski definition) is 3. The molecule has 16 heavy (non-hydrogen) atoms. The highest BCUT2D eigenvalue weighted by molar-refractivity contribution is 7.86. The number of hydrogen-bond acceptors (Lipinski definition) is 5. The van der Waals surface area contributed by atoms with Crippen molar-refractivity contribution >= 4 is 10.1 Å². The Morgan fingerprint density at radius 2 is 1.81 bits per heavy atom. The van der Waals surface area contributed by atoms with Gasteiger partial charge in [-0.05, 0) is 37.5 Å². The molecular formula is C9H13NO5S. The number of benzene rings is 1. The summed E-state index contributed by atoms with van der Waals surface area (Å²) in [6.45, 7) is 4.75. The van der Waals surface area contributed by atoms with E-state index in [9.17, 15) is 8.42 Å². The summed E-state index contributed by atoms with van der Waals surface area (Å²) in [5.41, 5.74) is 2.79. The second kappa shape index (κ2) is 4.38. The second-order valence-corrected chi connectivity index (χ2v) is 4.82. The molecule has 0 aromatic heterocycles. The van der Waals surface area contributed by atoms with Gasteiger partial charge in [-0.3, -0.25) is 9.76 Å². The van der Waals surface area contributed by atoms with Gasteiger partial charge in [0.2, 0.25) is 0 Å². The fourth-order valence-corrected chi connectivity index (χ4v) is 2.70. The molecule has 3 N–H and O–H groups in total. The Hall–Kier alpha value is -1.15. The molecule has 0 radical (unpaired) electrons. The van der Waals surface area contributed by atoms with Crippen LogP contribution in [0.5, 0.6) is 5.75 Å². The van der Waals surface area contributed by atoms with Gasteiger partial charge in [-0.15, -0.1) is 0 Å². The summed E-state index contributed by atoms with van der Waals surface area (Å²) >= 11 is 0. The lowest BCUT2D eigenvalue weighted by Gasteiger charge is -2.14. The monoisotopic (exact) mass is 247 g/mol. The lowest BCUT2D eigenvalue weighted by molar-refractivity contribution is -0.0447. The molecule has 0 atom stereocenters. The van der Waals surface area contributed by atoms with Crippen molar-refractivity contribution in [3.8, 4) is 5.75 Å². The normalized spacial score (nSPS) is 11.6. The zero-order valence-corrected chi connectivity index (χ0v) is 9.92. The summed E-state index contributed by atoms with van der Waals surface area (Å²) in [7, 11) is -4.31. The van der Waals surface area contributed by atoms with Crippen LogP contribution in [-0.4, -0.2) is 18.2 Å². The molecule has 1 aromatic carbocycles. The van der Waals surface area contributed by atoms with Gasteiger partial charge in [0.25, 0.3) is 10.1 Å². The zero-order chi connectivity index (χ0) is 12.5. The second-order valence-electron chi connectivity index (χ2n) is 3.46. The molecule has 90 valence electrons. The van der Waals surface area contributed by atoms with Crippen LogP contribution in [0.15, 0.2) is 11.0 Å². The van der Waals surface area contributed by atoms with E-state index in [-0.39, 0.29) is 16.2 Å². The molecule has 0 saturated heterocycles. The zero-order valence-electron chi connectivity index (χ0n) is 9.10. The van der Waals surface area contributed by atoms with E-state index in [1.54, 1.807) is 19.9 Å². The third-order valence-electron chi connectivity index (χ3n) is 2.24. The molecule has 0 aliphatic heterocycles. The minimum atomic E-state index is -4.31. The molecule has 1 aromatic rings. The van der Waals surface area contributed by atoms with E-state index in [1.807, 2.05) is 0 Å². The van der Waals surface area contributed by atoms with Crippen LogP contribution >= 0.6 is 0 Å². The quantitative estimate of drug-likeness (QED) is 0.547. The van der Waals surface area contributed by atoms with Crippen LogP contribution in [0.25, 0.3) is 0 Å². The van der Waals surface area contributed by atoms with E-state index in [1.165, 1.54) is 12.6 Å². The van der Waals surface area contributed by atoms with Crippen molar-refractivity contribution < 1.29 is 23.0 Å². The molecule has 0 aliphatic rings. The van der Waals surface area contributed by atoms with Gasteiger partial charge in [-0.25, -0.2) is 0 Å². The molecule has 0 heterocycles. The van der Waals surface area contributed by atoms with E-state index in [4.69, 9.17) is 9.76 Å². The van der Waals surface area contributed by atoms with E-state index < -0.39 is 10.1 Å². The van der Waals surface area contributed by atoms with Crippen molar-refractivity contribution in [2.24, 2.45) is 0 Å². The van der Waals surface area contributed by atoms with Crippen LogP contribution in [0.1, 0.15) is 16.7 Å². The average molecular weight is 247 g/mol. The fourth-order valence-electron chi connectivity index (χ4n) is 1.75. The number of nitrogens with one attached hydrogen (secondary N) is 1. The molecule has 0 spiro atoms. The summed E-state index contributed by atoms with van der Waals surface area (Å²) in [6.07, 6.45) is 0. The van der Waals surface area contributed by atoms with Crippen molar-refractivity contribution in [1.82, 2.24) is 5.64 Å². The molecule has 0 amide bonds. The maximum atomic E-state index is 11.2. The molecule has 7 heteroatoms. The van der Waals surface area contributed by atoms with Crippen molar-refractivity contribution in [3.63, 3.8) is 0 Å². The maximum Gasteiger partial charge on any atom is 0.295 e. The summed E-state index contributed by atoms with van der Waals surface area (Å²) < 4.78 is 31.4. The van der Waals surface area contributed by atoms with E-state index in [0.717, 1.165) is 0 Å². The lowest BCUT2D eigenvalue weighted by atomic mass is 10.1. The van der Waals surface area contributed by atoms with E-state index in [0.29, 0.717) is 11.1 Å². The molecule has 0 bridgehead atoms. The van der Waals surface area contributed by atoms with Gasteiger partial charge in [0.1, 0.15) is 4.90 Å². The van der Waals surface area contributed by atoms with Crippen LogP contribution in [0.2, 0.25) is 0 Å². The SMILES string of the molecule is Cc1cc(C)c(S(=O)(=O)O)c(C)c1ONO. The molecule has 0 saturated carbocycles. The summed E-state index contributed by atoms with van der Waals surface area (Å²) in [5, 5.41) is 8.45. The maximum absolute atomic E-state index is 11.2. The van der Waals surface area contributed by atoms with Gasteiger partial charge in [0.05, 0.1) is 0 Å². The van der Waals surface area contributed by atoms with Gasteiger partial charge in [0, 0.05) is 5.56 Å². The molecule has 0 aliphatic carbocycles. The first-order chi connectivity index (χ1) is 7.29. The third-order valence-corrected chi connectivity index (χ3v) is 3.38. The predicted molar refractivity (Wildman–Crippen MR) is 56.0 cm³/mol. The van der Waals surface area contributed by atoms with Crippen molar-refractivity contribution in [2.75, 3.05) is 0 Å². The summed E-state index contributed by atoms with van der Waals surface area (Å²) in [6, 6.07) is 1.54. The molecule has 1 rings (SSSR count). The largest absolute Gasteiger partial charge is 0.383 e. The first-order valence-corrected chi connectivity index (χ1v) is 5.87. The topological polar surface area (TPSA) is 95.9 Å². The van der Waals surface area contributed by atoms with Gasteiger partial charge < -0.3 is 4.84 Å². The minimum absolute atomic E-state index is 0.167. The summed E-state index contributed by atoms with van der Waals surface area (Å²) in [4.78, 5) is 4.48. The average Bonchev–Trinajstić information content (AvgIpc) is 2.09. The van der Waals surface area contributed by atoms with Gasteiger partial charge >= 0.3 is 0 Å². The van der Waals surface area contributed by atoms with Crippen LogP contribution in [0.4, 0.5) is 0 Å². The Balaban J connectivity index is 3.58. The van der Waals surface area contributed by atoms with Crippen LogP contribution in [-0.2, 0) is 10.1 Å². The Morgan fingerprint density at radius 3 is 2.25 bits per heavy atom. The van der Waals surface area contributed by atoms with Gasteiger partial charge in [-0.1, -0.05) is 6.07 Å². The first-order valence-electron chi connectivity index (χ1n) is 4.43. The number of aryl methyl sites for hydroxylation is 2. The lowest BCUT2D eigenvalue weighted by Crippen LogP contribution is -2.15. The molecule has 0 unspecified atom stereocenters. The molecule has 0 fully saturated rings. The van der Waals surface area contributed by atoms with E-state index >= 15 is 0 Å². The van der Waals surface area contributed by atoms with E-state index in [2.05, 4.69) is 4.84 Å². The van der Waals surface area contributed by atoms with Crippen LogP contribution < -0.4 is 10.5 Å². The van der Waals surface area contributed by atoms with Gasteiger partial charge in [0.15, 0.2) is 5.75 Å². The van der Waals surface area contributed by atoms with Crippen LogP contribution in [0, 0.1) is 20.8 Å². The minimum Gasteiger partial charge on any atom is -0.383 e. The first kappa shape index (κ1) is 12.9. The highest BCUT2D eigenvalue weighted by Crippen LogP contribution is 2.31. The van der Waals surface area contributed by atoms with Gasteiger partial charge in [-0.2, -0.15) is 8.42 Å².